The Hall–Kier alpha value is -2.20. The van der Waals surface area contributed by atoms with E-state index in [4.69, 9.17) is 5.73 Å². The van der Waals surface area contributed by atoms with Crippen molar-refractivity contribution in [3.63, 3.8) is 0 Å². The van der Waals surface area contributed by atoms with Crippen molar-refractivity contribution in [2.24, 2.45) is 5.73 Å². The van der Waals surface area contributed by atoms with Gasteiger partial charge < -0.3 is 11.1 Å². The van der Waals surface area contributed by atoms with Crippen LogP contribution in [-0.4, -0.2) is 11.9 Å². The second-order valence-corrected chi connectivity index (χ2v) is 6.20. The molecule has 3 N–H and O–H groups in total. The van der Waals surface area contributed by atoms with Crippen LogP contribution in [0.4, 0.5) is 29.3 Å². The number of halogens is 4. The first-order chi connectivity index (χ1) is 11.6. The van der Waals surface area contributed by atoms with E-state index in [2.05, 4.69) is 34.1 Å². The molecule has 0 spiro atoms. The van der Waals surface area contributed by atoms with Crippen molar-refractivity contribution in [3.05, 3.63) is 58.1 Å². The van der Waals surface area contributed by atoms with Crippen LogP contribution in [0.1, 0.15) is 15.9 Å². The minimum absolute atomic E-state index is 0.0560. The minimum Gasteiger partial charge on any atom is -0.366 e. The first-order valence-corrected chi connectivity index (χ1v) is 7.85. The van der Waals surface area contributed by atoms with E-state index < -0.39 is 23.7 Å². The molecule has 2 aromatic rings. The Morgan fingerprint density at radius 1 is 1.12 bits per heavy atom. The summed E-state index contributed by atoms with van der Waals surface area (Å²) in [7, 11) is 0. The highest BCUT2D eigenvalue weighted by Gasteiger charge is 2.31. The third-order valence-electron chi connectivity index (χ3n) is 3.07. The Balaban J connectivity index is 2.18. The van der Waals surface area contributed by atoms with Gasteiger partial charge in [0.25, 0.3) is 0 Å². The number of nitrogens with two attached hydrogens (primary N) is 1. The van der Waals surface area contributed by atoms with Crippen LogP contribution in [0.5, 0.6) is 0 Å². The number of hydrogen-bond donors (Lipinski definition) is 3. The number of primary amides is 1. The normalized spacial score (nSPS) is 11.1. The van der Waals surface area contributed by atoms with Gasteiger partial charge in [0.1, 0.15) is 0 Å². The van der Waals surface area contributed by atoms with Gasteiger partial charge in [-0.15, -0.1) is 0 Å². The fourth-order valence-corrected chi connectivity index (χ4v) is 2.56. The lowest BCUT2D eigenvalue weighted by Gasteiger charge is -2.17. The number of carbonyl (C=O) groups excluding carboxylic acids is 2. The molecule has 2 rings (SSSR count). The maximum atomic E-state index is 12.8. The highest BCUT2D eigenvalue weighted by atomic mass is 79.9. The summed E-state index contributed by atoms with van der Waals surface area (Å²) >= 11 is 6.98. The summed E-state index contributed by atoms with van der Waals surface area (Å²) in [6.45, 7) is 0. The van der Waals surface area contributed by atoms with Crippen molar-refractivity contribution in [2.45, 2.75) is 6.18 Å². The van der Waals surface area contributed by atoms with Crippen LogP contribution in [0, 0.1) is 0 Å². The van der Waals surface area contributed by atoms with E-state index in [9.17, 15) is 22.8 Å². The molecule has 0 aliphatic heterocycles. The Bertz CT molecular complexity index is 813. The zero-order valence-corrected chi connectivity index (χ0v) is 14.8. The number of anilines is 2. The smallest absolute Gasteiger partial charge is 0.366 e. The number of carbonyl (C=O) groups is 2. The summed E-state index contributed by atoms with van der Waals surface area (Å²) in [5.74, 6) is -0.629. The van der Waals surface area contributed by atoms with Gasteiger partial charge in [-0.2, -0.15) is 13.2 Å². The molecule has 0 bridgehead atoms. The third-order valence-corrected chi connectivity index (χ3v) is 3.94. The molecule has 0 saturated heterocycles. The van der Waals surface area contributed by atoms with Gasteiger partial charge in [-0.3, -0.25) is 4.79 Å². The van der Waals surface area contributed by atoms with Gasteiger partial charge in [0, 0.05) is 15.7 Å². The Morgan fingerprint density at radius 3 is 2.24 bits per heavy atom. The molecule has 0 heterocycles. The van der Waals surface area contributed by atoms with E-state index in [1.54, 1.807) is 0 Å². The van der Waals surface area contributed by atoms with Gasteiger partial charge in [0.05, 0.1) is 11.3 Å². The number of thiol groups is 1. The molecule has 0 aromatic heterocycles. The van der Waals surface area contributed by atoms with Crippen molar-refractivity contribution in [1.82, 2.24) is 0 Å². The molecule has 132 valence electrons. The maximum Gasteiger partial charge on any atom is 0.416 e. The van der Waals surface area contributed by atoms with E-state index in [1.165, 1.54) is 30.3 Å². The summed E-state index contributed by atoms with van der Waals surface area (Å²) in [5, 5.41) is 2.32. The highest BCUT2D eigenvalue weighted by Crippen LogP contribution is 2.33. The lowest BCUT2D eigenvalue weighted by molar-refractivity contribution is -0.137. The summed E-state index contributed by atoms with van der Waals surface area (Å²) in [6.07, 6.45) is -4.55. The average Bonchev–Trinajstić information content (AvgIpc) is 2.52. The molecule has 10 heteroatoms. The second kappa shape index (κ2) is 7.36. The fourth-order valence-electron chi connectivity index (χ4n) is 1.89. The number of hydrogen-bond acceptors (Lipinski definition) is 3. The number of benzene rings is 2. The zero-order chi connectivity index (χ0) is 18.8. The Morgan fingerprint density at radius 2 is 1.72 bits per heavy atom. The molecule has 25 heavy (non-hydrogen) atoms. The van der Waals surface area contributed by atoms with E-state index >= 15 is 0 Å². The van der Waals surface area contributed by atoms with Gasteiger partial charge in [0.15, 0.2) is 0 Å². The highest BCUT2D eigenvalue weighted by molar-refractivity contribution is 9.10. The summed E-state index contributed by atoms with van der Waals surface area (Å²) < 4.78 is 39.5. The van der Waals surface area contributed by atoms with Crippen LogP contribution >= 0.6 is 28.7 Å². The molecule has 3 amide bonds. The lowest BCUT2D eigenvalue weighted by Crippen LogP contribution is -2.27. The topological polar surface area (TPSA) is 75.4 Å². The number of rotatable bonds is 3. The van der Waals surface area contributed by atoms with Crippen molar-refractivity contribution >= 4 is 52.1 Å². The molecule has 0 aliphatic carbocycles. The van der Waals surface area contributed by atoms with Crippen LogP contribution in [0.15, 0.2) is 46.9 Å². The monoisotopic (exact) mass is 433 g/mol. The molecular formula is C15H11BrF3N3O2S. The molecule has 0 saturated carbocycles. The molecule has 0 aliphatic rings. The van der Waals surface area contributed by atoms with Gasteiger partial charge in [-0.1, -0.05) is 28.7 Å². The van der Waals surface area contributed by atoms with Crippen LogP contribution in [0.3, 0.4) is 0 Å². The SMILES string of the molecule is NC(=O)c1ccc(N(S)C(=O)Nc2cc(Br)cc(C(F)(F)F)c2)cc1. The molecule has 5 nitrogen and oxygen atoms in total. The first-order valence-electron chi connectivity index (χ1n) is 6.65. The Kier molecular flexibility index (Phi) is 5.63. The number of nitrogens with one attached hydrogen (secondary N) is 1. The van der Waals surface area contributed by atoms with Crippen LogP contribution in [-0.2, 0) is 6.18 Å². The third kappa shape index (κ3) is 4.89. The number of amides is 3. The fraction of sp³-hybridized carbons (Fsp3) is 0.0667. The van der Waals surface area contributed by atoms with Crippen molar-refractivity contribution in [1.29, 1.82) is 0 Å². The van der Waals surface area contributed by atoms with Gasteiger partial charge in [-0.05, 0) is 42.5 Å². The van der Waals surface area contributed by atoms with Crippen LogP contribution in [0.2, 0.25) is 0 Å². The molecular weight excluding hydrogens is 423 g/mol. The van der Waals surface area contributed by atoms with Crippen molar-refractivity contribution < 1.29 is 22.8 Å². The predicted molar refractivity (Wildman–Crippen MR) is 94.6 cm³/mol. The van der Waals surface area contributed by atoms with Crippen LogP contribution < -0.4 is 15.4 Å². The average molecular weight is 434 g/mol. The standard InChI is InChI=1S/C15H11BrF3N3O2S/c16-10-5-9(15(17,18)19)6-11(7-10)21-14(24)22(25)12-3-1-8(2-4-12)13(20)23/h1-7,25H,(H2,20,23)(H,21,24). The lowest BCUT2D eigenvalue weighted by atomic mass is 10.2. The van der Waals surface area contributed by atoms with Gasteiger partial charge in [-0.25, -0.2) is 9.10 Å². The van der Waals surface area contributed by atoms with E-state index in [-0.39, 0.29) is 15.7 Å². The largest absolute Gasteiger partial charge is 0.416 e. The molecule has 2 aromatic carbocycles. The summed E-state index contributed by atoms with van der Waals surface area (Å²) in [6, 6.07) is 7.90. The van der Waals surface area contributed by atoms with Gasteiger partial charge >= 0.3 is 12.2 Å². The summed E-state index contributed by atoms with van der Waals surface area (Å²) in [5.41, 5.74) is 4.70. The second-order valence-electron chi connectivity index (χ2n) is 4.88. The minimum atomic E-state index is -4.55. The molecule has 0 atom stereocenters. The first kappa shape index (κ1) is 19.1. The van der Waals surface area contributed by atoms with Gasteiger partial charge in [0.2, 0.25) is 5.91 Å². The quantitative estimate of drug-likeness (QED) is 0.625. The van der Waals surface area contributed by atoms with Crippen molar-refractivity contribution in [2.75, 3.05) is 9.62 Å². The van der Waals surface area contributed by atoms with E-state index in [1.807, 2.05) is 0 Å². The molecule has 0 fully saturated rings. The number of nitrogens with zero attached hydrogens (tertiary/aromatic N) is 1. The summed E-state index contributed by atoms with van der Waals surface area (Å²) in [4.78, 5) is 23.2. The Labute approximate surface area is 154 Å². The molecule has 0 radical (unpaired) electrons. The number of alkyl halides is 3. The predicted octanol–water partition coefficient (Wildman–Crippen LogP) is 4.45. The van der Waals surface area contributed by atoms with E-state index in [0.29, 0.717) is 5.69 Å². The maximum absolute atomic E-state index is 12.8. The zero-order valence-electron chi connectivity index (χ0n) is 12.3. The van der Waals surface area contributed by atoms with Crippen LogP contribution in [0.25, 0.3) is 0 Å². The van der Waals surface area contributed by atoms with E-state index in [0.717, 1.165) is 16.4 Å². The number of urea groups is 1. The van der Waals surface area contributed by atoms with Crippen molar-refractivity contribution in [3.8, 4) is 0 Å². The molecule has 0 unspecified atom stereocenters.